The van der Waals surface area contributed by atoms with Crippen molar-refractivity contribution in [3.05, 3.63) is 53.6 Å². The largest absolute Gasteiger partial charge is 0.496 e. The number of methoxy groups -OCH3 is 2. The van der Waals surface area contributed by atoms with E-state index in [1.165, 1.54) is 5.56 Å². The quantitative estimate of drug-likeness (QED) is 0.872. The first-order valence-electron chi connectivity index (χ1n) is 7.29. The van der Waals surface area contributed by atoms with Crippen molar-refractivity contribution in [3.8, 4) is 11.5 Å². The lowest BCUT2D eigenvalue weighted by Gasteiger charge is -2.24. The number of ether oxygens (including phenoxy) is 2. The number of nitrogens with zero attached hydrogens (tertiary/aromatic N) is 1. The van der Waals surface area contributed by atoms with Crippen LogP contribution in [0.4, 0.5) is 5.69 Å². The van der Waals surface area contributed by atoms with E-state index in [9.17, 15) is 4.79 Å². The van der Waals surface area contributed by atoms with Gasteiger partial charge < -0.3 is 14.4 Å². The SMILES string of the molecule is COc1cccc(OC)c1C(=O)N1c2ccccc2CC1C. The molecule has 1 unspecified atom stereocenters. The summed E-state index contributed by atoms with van der Waals surface area (Å²) in [4.78, 5) is 15.0. The molecule has 0 fully saturated rings. The molecular weight excluding hydrogens is 278 g/mol. The second kappa shape index (κ2) is 5.72. The van der Waals surface area contributed by atoms with Crippen LogP contribution in [-0.2, 0) is 6.42 Å². The highest BCUT2D eigenvalue weighted by molar-refractivity contribution is 6.11. The van der Waals surface area contributed by atoms with Gasteiger partial charge in [-0.1, -0.05) is 24.3 Å². The minimum Gasteiger partial charge on any atom is -0.496 e. The number of hydrogen-bond donors (Lipinski definition) is 0. The highest BCUT2D eigenvalue weighted by Crippen LogP contribution is 2.37. The van der Waals surface area contributed by atoms with E-state index in [0.29, 0.717) is 17.1 Å². The molecule has 22 heavy (non-hydrogen) atoms. The zero-order valence-electron chi connectivity index (χ0n) is 13.0. The lowest BCUT2D eigenvalue weighted by Crippen LogP contribution is -2.36. The summed E-state index contributed by atoms with van der Waals surface area (Å²) in [5, 5.41) is 0. The Kier molecular flexibility index (Phi) is 3.75. The monoisotopic (exact) mass is 297 g/mol. The van der Waals surface area contributed by atoms with Crippen molar-refractivity contribution < 1.29 is 14.3 Å². The minimum atomic E-state index is -0.0910. The van der Waals surface area contributed by atoms with E-state index in [1.54, 1.807) is 26.4 Å². The van der Waals surface area contributed by atoms with Crippen LogP contribution in [0, 0.1) is 0 Å². The fourth-order valence-electron chi connectivity index (χ4n) is 3.06. The molecule has 0 saturated heterocycles. The molecule has 0 radical (unpaired) electrons. The van der Waals surface area contributed by atoms with E-state index in [2.05, 4.69) is 13.0 Å². The summed E-state index contributed by atoms with van der Waals surface area (Å²) < 4.78 is 10.7. The molecule has 2 aromatic carbocycles. The van der Waals surface area contributed by atoms with Crippen molar-refractivity contribution in [2.45, 2.75) is 19.4 Å². The van der Waals surface area contributed by atoms with Gasteiger partial charge in [0.25, 0.3) is 5.91 Å². The summed E-state index contributed by atoms with van der Waals surface area (Å²) in [6.45, 7) is 2.06. The van der Waals surface area contributed by atoms with Crippen LogP contribution in [0.1, 0.15) is 22.8 Å². The van der Waals surface area contributed by atoms with Gasteiger partial charge in [-0.2, -0.15) is 0 Å². The molecule has 0 spiro atoms. The maximum Gasteiger partial charge on any atom is 0.266 e. The van der Waals surface area contributed by atoms with Crippen LogP contribution >= 0.6 is 0 Å². The van der Waals surface area contributed by atoms with Gasteiger partial charge in [0.2, 0.25) is 0 Å². The molecule has 0 bridgehead atoms. The number of fused-ring (bicyclic) bond motifs is 1. The maximum atomic E-state index is 13.1. The van der Waals surface area contributed by atoms with Gasteiger partial charge in [0.1, 0.15) is 17.1 Å². The van der Waals surface area contributed by atoms with Gasteiger partial charge in [0.15, 0.2) is 0 Å². The summed E-state index contributed by atoms with van der Waals surface area (Å²) in [5.41, 5.74) is 2.63. The molecule has 1 heterocycles. The Morgan fingerprint density at radius 2 is 1.68 bits per heavy atom. The smallest absolute Gasteiger partial charge is 0.266 e. The third-order valence-electron chi connectivity index (χ3n) is 4.07. The number of amides is 1. The van der Waals surface area contributed by atoms with Crippen LogP contribution in [0.25, 0.3) is 0 Å². The predicted molar refractivity (Wildman–Crippen MR) is 86.0 cm³/mol. The molecule has 0 saturated carbocycles. The molecular formula is C18H19NO3. The molecule has 4 heteroatoms. The van der Waals surface area contributed by atoms with E-state index in [-0.39, 0.29) is 11.9 Å². The Bertz CT molecular complexity index is 689. The molecule has 3 rings (SSSR count). The highest BCUT2D eigenvalue weighted by atomic mass is 16.5. The Labute approximate surface area is 130 Å². The molecule has 114 valence electrons. The van der Waals surface area contributed by atoms with Crippen molar-refractivity contribution in [2.75, 3.05) is 19.1 Å². The van der Waals surface area contributed by atoms with E-state index in [1.807, 2.05) is 29.2 Å². The first-order chi connectivity index (χ1) is 10.7. The van der Waals surface area contributed by atoms with Crippen molar-refractivity contribution >= 4 is 11.6 Å². The van der Waals surface area contributed by atoms with Gasteiger partial charge in [0, 0.05) is 11.7 Å². The van der Waals surface area contributed by atoms with Crippen molar-refractivity contribution in [1.82, 2.24) is 0 Å². The van der Waals surface area contributed by atoms with Gasteiger partial charge >= 0.3 is 0 Å². The standard InChI is InChI=1S/C18H19NO3/c1-12-11-13-7-4-5-8-14(13)19(12)18(20)17-15(21-2)9-6-10-16(17)22-3/h4-10,12H,11H2,1-3H3. The highest BCUT2D eigenvalue weighted by Gasteiger charge is 2.34. The lowest BCUT2D eigenvalue weighted by molar-refractivity contribution is 0.0975. The summed E-state index contributed by atoms with van der Waals surface area (Å²) in [6.07, 6.45) is 0.860. The average molecular weight is 297 g/mol. The average Bonchev–Trinajstić information content (AvgIpc) is 2.89. The molecule has 0 N–H and O–H groups in total. The summed E-state index contributed by atoms with van der Waals surface area (Å²) in [7, 11) is 3.12. The number of hydrogen-bond acceptors (Lipinski definition) is 3. The number of benzene rings is 2. The zero-order chi connectivity index (χ0) is 15.7. The van der Waals surface area contributed by atoms with Gasteiger partial charge in [-0.15, -0.1) is 0 Å². The third kappa shape index (κ3) is 2.21. The molecule has 0 aliphatic carbocycles. The Hall–Kier alpha value is -2.49. The molecule has 4 nitrogen and oxygen atoms in total. The van der Waals surface area contributed by atoms with Gasteiger partial charge in [0.05, 0.1) is 14.2 Å². The van der Waals surface area contributed by atoms with Gasteiger partial charge in [-0.25, -0.2) is 0 Å². The molecule has 1 atom stereocenters. The molecule has 1 amide bonds. The van der Waals surface area contributed by atoms with Gasteiger partial charge in [-0.05, 0) is 37.1 Å². The topological polar surface area (TPSA) is 38.8 Å². The first-order valence-corrected chi connectivity index (χ1v) is 7.29. The van der Waals surface area contributed by atoms with Crippen molar-refractivity contribution in [3.63, 3.8) is 0 Å². The van der Waals surface area contributed by atoms with Crippen molar-refractivity contribution in [2.24, 2.45) is 0 Å². The Morgan fingerprint density at radius 3 is 2.32 bits per heavy atom. The fraction of sp³-hybridized carbons (Fsp3) is 0.278. The third-order valence-corrected chi connectivity index (χ3v) is 4.07. The maximum absolute atomic E-state index is 13.1. The summed E-state index contributed by atoms with van der Waals surface area (Å²) in [6, 6.07) is 13.5. The normalized spacial score (nSPS) is 16.3. The second-order valence-corrected chi connectivity index (χ2v) is 5.39. The van der Waals surface area contributed by atoms with Crippen LogP contribution in [0.5, 0.6) is 11.5 Å². The first kappa shape index (κ1) is 14.4. The number of anilines is 1. The number of carbonyl (C=O) groups is 1. The van der Waals surface area contributed by atoms with Crippen molar-refractivity contribution in [1.29, 1.82) is 0 Å². The molecule has 1 aliphatic heterocycles. The van der Waals surface area contributed by atoms with Crippen LogP contribution in [0.2, 0.25) is 0 Å². The fourth-order valence-corrected chi connectivity index (χ4v) is 3.06. The van der Waals surface area contributed by atoms with Crippen LogP contribution in [0.15, 0.2) is 42.5 Å². The van der Waals surface area contributed by atoms with E-state index in [0.717, 1.165) is 12.1 Å². The zero-order valence-corrected chi connectivity index (χ0v) is 13.0. The molecule has 2 aromatic rings. The molecule has 0 aromatic heterocycles. The number of para-hydroxylation sites is 1. The van der Waals surface area contributed by atoms with E-state index < -0.39 is 0 Å². The summed E-state index contributed by atoms with van der Waals surface area (Å²) >= 11 is 0. The summed E-state index contributed by atoms with van der Waals surface area (Å²) in [5.74, 6) is 0.966. The van der Waals surface area contributed by atoms with Gasteiger partial charge in [-0.3, -0.25) is 4.79 Å². The number of carbonyl (C=O) groups excluding carboxylic acids is 1. The minimum absolute atomic E-state index is 0.0910. The Balaban J connectivity index is 2.09. The van der Waals surface area contributed by atoms with Crippen LogP contribution in [-0.4, -0.2) is 26.2 Å². The van der Waals surface area contributed by atoms with E-state index in [4.69, 9.17) is 9.47 Å². The number of rotatable bonds is 3. The lowest BCUT2D eigenvalue weighted by atomic mass is 10.1. The van der Waals surface area contributed by atoms with Crippen LogP contribution < -0.4 is 14.4 Å². The predicted octanol–water partition coefficient (Wildman–Crippen LogP) is 3.30. The Morgan fingerprint density at radius 1 is 1.05 bits per heavy atom. The second-order valence-electron chi connectivity index (χ2n) is 5.39. The molecule has 1 aliphatic rings. The van der Waals surface area contributed by atoms with E-state index >= 15 is 0 Å². The van der Waals surface area contributed by atoms with Crippen LogP contribution in [0.3, 0.4) is 0 Å².